The zero-order valence-electron chi connectivity index (χ0n) is 16.1. The number of aromatic amines is 1. The molecule has 2 aromatic heterocycles. The highest BCUT2D eigenvalue weighted by Gasteiger charge is 2.22. The van der Waals surface area contributed by atoms with Crippen molar-refractivity contribution in [2.75, 3.05) is 0 Å². The lowest BCUT2D eigenvalue weighted by molar-refractivity contribution is -0.383. The minimum absolute atomic E-state index is 0.0858. The van der Waals surface area contributed by atoms with Crippen LogP contribution in [-0.2, 0) is 13.1 Å². The summed E-state index contributed by atoms with van der Waals surface area (Å²) in [7, 11) is 0. The summed E-state index contributed by atoms with van der Waals surface area (Å²) in [5.41, 5.74) is 1.97. The molecule has 0 unspecified atom stereocenters. The number of nitrogens with one attached hydrogen (secondary N) is 1. The zero-order chi connectivity index (χ0) is 22.0. The van der Waals surface area contributed by atoms with Crippen molar-refractivity contribution in [1.29, 1.82) is 0 Å². The monoisotopic (exact) mass is 454 g/mol. The van der Waals surface area contributed by atoms with Gasteiger partial charge in [0.2, 0.25) is 0 Å². The number of nitrogens with zero attached hydrogens (tertiary/aromatic N) is 3. The lowest BCUT2D eigenvalue weighted by Crippen LogP contribution is -2.30. The van der Waals surface area contributed by atoms with Gasteiger partial charge in [-0.25, -0.2) is 0 Å². The highest BCUT2D eigenvalue weighted by Crippen LogP contribution is 2.27. The Morgan fingerprint density at radius 2 is 1.87 bits per heavy atom. The fourth-order valence-electron chi connectivity index (χ4n) is 3.32. The number of aromatic nitrogens is 2. The van der Waals surface area contributed by atoms with Gasteiger partial charge in [0.25, 0.3) is 11.6 Å². The first-order valence-electron chi connectivity index (χ1n) is 9.31. The standard InChI is InChI=1S/C22H16Cl2N4O3/c23-17-8-7-14(10-18(17)24)12-27(13-16-5-1-2-9-25-16)22(29)19-11-15-4-3-6-20(28(30)31)21(15)26-19/h1-11,26H,12-13H2. The second-order valence-corrected chi connectivity index (χ2v) is 7.73. The van der Waals surface area contributed by atoms with E-state index in [0.29, 0.717) is 26.6 Å². The molecule has 2 aromatic carbocycles. The maximum atomic E-state index is 13.4. The molecule has 0 spiro atoms. The smallest absolute Gasteiger partial charge is 0.293 e. The Balaban J connectivity index is 1.70. The van der Waals surface area contributed by atoms with Gasteiger partial charge in [0.1, 0.15) is 11.2 Å². The number of hydrogen-bond acceptors (Lipinski definition) is 4. The van der Waals surface area contributed by atoms with E-state index in [-0.39, 0.29) is 30.4 Å². The minimum atomic E-state index is -0.478. The van der Waals surface area contributed by atoms with Gasteiger partial charge in [0.05, 0.1) is 27.2 Å². The maximum absolute atomic E-state index is 13.4. The van der Waals surface area contributed by atoms with E-state index >= 15 is 0 Å². The number of benzene rings is 2. The average molecular weight is 455 g/mol. The van der Waals surface area contributed by atoms with E-state index in [1.54, 1.807) is 53.6 Å². The van der Waals surface area contributed by atoms with Gasteiger partial charge in [0.15, 0.2) is 0 Å². The first-order chi connectivity index (χ1) is 14.9. The lowest BCUT2D eigenvalue weighted by Gasteiger charge is -2.22. The highest BCUT2D eigenvalue weighted by atomic mass is 35.5. The average Bonchev–Trinajstić information content (AvgIpc) is 3.20. The van der Waals surface area contributed by atoms with Crippen molar-refractivity contribution in [2.45, 2.75) is 13.1 Å². The molecule has 0 saturated heterocycles. The van der Waals surface area contributed by atoms with E-state index in [4.69, 9.17) is 23.2 Å². The van der Waals surface area contributed by atoms with Crippen molar-refractivity contribution in [1.82, 2.24) is 14.9 Å². The Labute approximate surface area is 187 Å². The van der Waals surface area contributed by atoms with E-state index in [0.717, 1.165) is 5.56 Å². The molecule has 4 aromatic rings. The number of pyridine rings is 1. The van der Waals surface area contributed by atoms with Gasteiger partial charge in [-0.2, -0.15) is 0 Å². The van der Waals surface area contributed by atoms with Crippen LogP contribution in [0.25, 0.3) is 10.9 Å². The highest BCUT2D eigenvalue weighted by molar-refractivity contribution is 6.42. The fourth-order valence-corrected chi connectivity index (χ4v) is 3.64. The summed E-state index contributed by atoms with van der Waals surface area (Å²) in [6.07, 6.45) is 1.66. The quantitative estimate of drug-likeness (QED) is 0.302. The van der Waals surface area contributed by atoms with E-state index in [9.17, 15) is 14.9 Å². The number of amides is 1. The van der Waals surface area contributed by atoms with Gasteiger partial charge >= 0.3 is 0 Å². The van der Waals surface area contributed by atoms with Crippen molar-refractivity contribution in [3.63, 3.8) is 0 Å². The van der Waals surface area contributed by atoms with Crippen LogP contribution in [0.4, 0.5) is 5.69 Å². The summed E-state index contributed by atoms with van der Waals surface area (Å²) in [5.74, 6) is -0.317. The lowest BCUT2D eigenvalue weighted by atomic mass is 10.2. The second kappa shape index (κ2) is 8.75. The summed E-state index contributed by atoms with van der Waals surface area (Å²) in [6.45, 7) is 0.501. The molecule has 0 aliphatic rings. The van der Waals surface area contributed by atoms with Gasteiger partial charge in [-0.05, 0) is 35.9 Å². The molecule has 0 aliphatic heterocycles. The van der Waals surface area contributed by atoms with Crippen molar-refractivity contribution in [2.24, 2.45) is 0 Å². The number of nitro groups is 1. The second-order valence-electron chi connectivity index (χ2n) is 6.91. The van der Waals surface area contributed by atoms with Crippen molar-refractivity contribution in [3.8, 4) is 0 Å². The Kier molecular flexibility index (Phi) is 5.88. The number of rotatable bonds is 6. The number of hydrogen-bond donors (Lipinski definition) is 1. The van der Waals surface area contributed by atoms with Gasteiger partial charge in [-0.3, -0.25) is 19.9 Å². The van der Waals surface area contributed by atoms with Crippen molar-refractivity contribution >= 4 is 45.7 Å². The zero-order valence-corrected chi connectivity index (χ0v) is 17.6. The number of para-hydroxylation sites is 1. The summed E-state index contributed by atoms with van der Waals surface area (Å²) in [5, 5.41) is 12.7. The molecule has 31 heavy (non-hydrogen) atoms. The molecule has 1 amide bonds. The Hall–Kier alpha value is -3.42. The van der Waals surface area contributed by atoms with Crippen LogP contribution >= 0.6 is 23.2 Å². The van der Waals surface area contributed by atoms with Crippen LogP contribution in [0.15, 0.2) is 66.9 Å². The molecule has 0 atom stereocenters. The van der Waals surface area contributed by atoms with Crippen LogP contribution in [0, 0.1) is 10.1 Å². The maximum Gasteiger partial charge on any atom is 0.293 e. The normalized spacial score (nSPS) is 10.9. The molecule has 1 N–H and O–H groups in total. The van der Waals surface area contributed by atoms with Gasteiger partial charge < -0.3 is 9.88 Å². The SMILES string of the molecule is O=C(c1cc2cccc([N+](=O)[O-])c2[nH]1)N(Cc1ccc(Cl)c(Cl)c1)Cc1ccccn1. The minimum Gasteiger partial charge on any atom is -0.345 e. The molecule has 2 heterocycles. The molecule has 0 radical (unpaired) electrons. The molecule has 7 nitrogen and oxygen atoms in total. The van der Waals surface area contributed by atoms with Gasteiger partial charge in [-0.1, -0.05) is 47.5 Å². The topological polar surface area (TPSA) is 92.1 Å². The third kappa shape index (κ3) is 4.52. The van der Waals surface area contributed by atoms with Crippen molar-refractivity contribution < 1.29 is 9.72 Å². The molecular formula is C22H16Cl2N4O3. The van der Waals surface area contributed by atoms with Crippen LogP contribution in [0.2, 0.25) is 10.0 Å². The largest absolute Gasteiger partial charge is 0.345 e. The number of halogens is 2. The Morgan fingerprint density at radius 3 is 2.58 bits per heavy atom. The first-order valence-corrected chi connectivity index (χ1v) is 10.1. The first kappa shape index (κ1) is 20.8. The van der Waals surface area contributed by atoms with Crippen LogP contribution < -0.4 is 0 Å². The number of carbonyl (C=O) groups excluding carboxylic acids is 1. The summed E-state index contributed by atoms with van der Waals surface area (Å²) in [6, 6.07) is 17.0. The summed E-state index contributed by atoms with van der Waals surface area (Å²) >= 11 is 12.1. The fraction of sp³-hybridized carbons (Fsp3) is 0.0909. The molecule has 0 bridgehead atoms. The van der Waals surface area contributed by atoms with E-state index in [1.807, 2.05) is 12.1 Å². The molecule has 0 saturated carbocycles. The molecule has 0 aliphatic carbocycles. The van der Waals surface area contributed by atoms with E-state index in [1.165, 1.54) is 6.07 Å². The van der Waals surface area contributed by atoms with Gasteiger partial charge in [-0.15, -0.1) is 0 Å². The van der Waals surface area contributed by atoms with E-state index < -0.39 is 4.92 Å². The number of non-ortho nitro benzene ring substituents is 1. The van der Waals surface area contributed by atoms with E-state index in [2.05, 4.69) is 9.97 Å². The van der Waals surface area contributed by atoms with Crippen molar-refractivity contribution in [3.05, 3.63) is 104 Å². The van der Waals surface area contributed by atoms with Crippen LogP contribution in [0.5, 0.6) is 0 Å². The molecule has 4 rings (SSSR count). The predicted octanol–water partition coefficient (Wildman–Crippen LogP) is 5.62. The number of fused-ring (bicyclic) bond motifs is 1. The molecule has 9 heteroatoms. The Bertz CT molecular complexity index is 1270. The Morgan fingerprint density at radius 1 is 1.03 bits per heavy atom. The number of nitro benzene ring substituents is 1. The summed E-state index contributed by atoms with van der Waals surface area (Å²) < 4.78 is 0. The predicted molar refractivity (Wildman–Crippen MR) is 119 cm³/mol. The molecule has 0 fully saturated rings. The molecule has 156 valence electrons. The molecular weight excluding hydrogens is 439 g/mol. The summed E-state index contributed by atoms with van der Waals surface area (Å²) in [4.78, 5) is 33.1. The third-order valence-corrected chi connectivity index (χ3v) is 5.52. The van der Waals surface area contributed by atoms with Crippen LogP contribution in [0.3, 0.4) is 0 Å². The van der Waals surface area contributed by atoms with Gasteiger partial charge in [0, 0.05) is 24.2 Å². The number of carbonyl (C=O) groups is 1. The van der Waals surface area contributed by atoms with Crippen LogP contribution in [-0.4, -0.2) is 25.7 Å². The number of H-pyrrole nitrogens is 1. The van der Waals surface area contributed by atoms with Crippen LogP contribution in [0.1, 0.15) is 21.7 Å². The third-order valence-electron chi connectivity index (χ3n) is 4.78.